The van der Waals surface area contributed by atoms with Crippen LogP contribution >= 0.6 is 15.9 Å². The second kappa shape index (κ2) is 13.2. The van der Waals surface area contributed by atoms with E-state index in [9.17, 15) is 14.9 Å². The van der Waals surface area contributed by atoms with Crippen molar-refractivity contribution in [1.82, 2.24) is 5.32 Å². The molecule has 0 radical (unpaired) electrons. The molecule has 1 N–H and O–H groups in total. The molecule has 8 heteroatoms. The van der Waals surface area contributed by atoms with Crippen LogP contribution in [0.25, 0.3) is 0 Å². The fourth-order valence-corrected chi connectivity index (χ4v) is 4.07. The van der Waals surface area contributed by atoms with Crippen molar-refractivity contribution in [2.45, 2.75) is 65.8 Å². The van der Waals surface area contributed by atoms with Crippen LogP contribution in [0.2, 0.25) is 0 Å². The van der Waals surface area contributed by atoms with Gasteiger partial charge < -0.3 is 14.8 Å². The number of unbranched alkanes of at least 4 members (excludes halogenated alkanes) is 3. The van der Waals surface area contributed by atoms with Crippen LogP contribution < -0.4 is 14.8 Å². The third kappa shape index (κ3) is 8.68. The molecule has 0 aliphatic carbocycles. The number of rotatable bonds is 13. The van der Waals surface area contributed by atoms with Gasteiger partial charge in [-0.25, -0.2) is 0 Å². The molecular formula is C25H33BrN2O5. The number of nitro benzene ring substituents is 1. The van der Waals surface area contributed by atoms with Crippen molar-refractivity contribution >= 4 is 27.5 Å². The van der Waals surface area contributed by atoms with Gasteiger partial charge in [-0.2, -0.15) is 0 Å². The Morgan fingerprint density at radius 1 is 1.12 bits per heavy atom. The van der Waals surface area contributed by atoms with Crippen LogP contribution in [-0.4, -0.2) is 17.9 Å². The van der Waals surface area contributed by atoms with E-state index in [1.807, 2.05) is 12.1 Å². The number of aryl methyl sites for hydroxylation is 1. The fraction of sp³-hybridized carbons (Fsp3) is 0.480. The lowest BCUT2D eigenvalue weighted by Crippen LogP contribution is -2.22. The van der Waals surface area contributed by atoms with Crippen LogP contribution in [0.4, 0.5) is 5.69 Å². The molecule has 7 nitrogen and oxygen atoms in total. The molecule has 0 saturated heterocycles. The normalized spacial score (nSPS) is 10.8. The standard InChI is InChI=1S/C25H33BrN2O5/c1-17(2)9-7-5-6-8-10-24(29)27-16-19-11-12-22(23(14-19)32-4)33-25-18(3)13-20(28(30)31)15-21(25)26/h11-15,17H,5-10,16H2,1-4H3,(H,27,29). The van der Waals surface area contributed by atoms with Crippen LogP contribution in [0.5, 0.6) is 17.2 Å². The number of ether oxygens (including phenoxy) is 2. The lowest BCUT2D eigenvalue weighted by molar-refractivity contribution is -0.385. The van der Waals surface area contributed by atoms with Gasteiger partial charge in [-0.3, -0.25) is 14.9 Å². The zero-order valence-electron chi connectivity index (χ0n) is 19.8. The number of nitro groups is 1. The number of nitrogens with zero attached hydrogens (tertiary/aromatic N) is 1. The first-order valence-electron chi connectivity index (χ1n) is 11.3. The molecule has 0 bridgehead atoms. The van der Waals surface area contributed by atoms with E-state index in [2.05, 4.69) is 35.1 Å². The van der Waals surface area contributed by atoms with E-state index in [1.54, 1.807) is 20.1 Å². The van der Waals surface area contributed by atoms with Crippen molar-refractivity contribution in [3.05, 3.63) is 56.0 Å². The third-order valence-corrected chi connectivity index (χ3v) is 5.88. The zero-order valence-corrected chi connectivity index (χ0v) is 21.4. The number of halogens is 1. The second-order valence-electron chi connectivity index (χ2n) is 8.54. The molecule has 0 fully saturated rings. The highest BCUT2D eigenvalue weighted by atomic mass is 79.9. The van der Waals surface area contributed by atoms with Crippen molar-refractivity contribution in [3.63, 3.8) is 0 Å². The number of methoxy groups -OCH3 is 1. The maximum Gasteiger partial charge on any atom is 0.271 e. The van der Waals surface area contributed by atoms with E-state index in [1.165, 1.54) is 31.4 Å². The number of non-ortho nitro benzene ring substituents is 1. The molecule has 0 atom stereocenters. The Hall–Kier alpha value is -2.61. The van der Waals surface area contributed by atoms with Crippen LogP contribution in [0, 0.1) is 23.0 Å². The van der Waals surface area contributed by atoms with E-state index in [0.717, 1.165) is 24.3 Å². The van der Waals surface area contributed by atoms with Gasteiger partial charge in [0, 0.05) is 25.1 Å². The molecule has 0 aromatic heterocycles. The maximum absolute atomic E-state index is 12.2. The Kier molecular flexibility index (Phi) is 10.6. The summed E-state index contributed by atoms with van der Waals surface area (Å²) in [5, 5.41) is 14.0. The van der Waals surface area contributed by atoms with Crippen molar-refractivity contribution in [2.24, 2.45) is 5.92 Å². The minimum Gasteiger partial charge on any atom is -0.493 e. The fourth-order valence-electron chi connectivity index (χ4n) is 3.44. The first kappa shape index (κ1) is 26.6. The van der Waals surface area contributed by atoms with Crippen molar-refractivity contribution in [1.29, 1.82) is 0 Å². The van der Waals surface area contributed by atoms with Crippen LogP contribution in [0.3, 0.4) is 0 Å². The predicted molar refractivity (Wildman–Crippen MR) is 133 cm³/mol. The van der Waals surface area contributed by atoms with Gasteiger partial charge in [0.15, 0.2) is 11.5 Å². The summed E-state index contributed by atoms with van der Waals surface area (Å²) in [6, 6.07) is 8.31. The molecule has 0 unspecified atom stereocenters. The quantitative estimate of drug-likeness (QED) is 0.173. The number of nitrogens with one attached hydrogen (secondary N) is 1. The Labute approximate surface area is 204 Å². The largest absolute Gasteiger partial charge is 0.493 e. The third-order valence-electron chi connectivity index (χ3n) is 5.29. The summed E-state index contributed by atoms with van der Waals surface area (Å²) in [7, 11) is 1.54. The highest BCUT2D eigenvalue weighted by Crippen LogP contribution is 2.39. The highest BCUT2D eigenvalue weighted by Gasteiger charge is 2.16. The first-order chi connectivity index (χ1) is 15.7. The van der Waals surface area contributed by atoms with Gasteiger partial charge in [-0.1, -0.05) is 45.6 Å². The first-order valence-corrected chi connectivity index (χ1v) is 12.1. The molecular weight excluding hydrogens is 488 g/mol. The van der Waals surface area contributed by atoms with Crippen LogP contribution in [-0.2, 0) is 11.3 Å². The molecule has 180 valence electrons. The molecule has 33 heavy (non-hydrogen) atoms. The van der Waals surface area contributed by atoms with Gasteiger partial charge in [-0.15, -0.1) is 0 Å². The van der Waals surface area contributed by atoms with E-state index in [4.69, 9.17) is 9.47 Å². The average molecular weight is 521 g/mol. The summed E-state index contributed by atoms with van der Waals surface area (Å²) >= 11 is 3.35. The minimum absolute atomic E-state index is 0.0136. The molecule has 2 aromatic rings. The SMILES string of the molecule is COc1cc(CNC(=O)CCCCCCC(C)C)ccc1Oc1c(C)cc([N+](=O)[O-])cc1Br. The summed E-state index contributed by atoms with van der Waals surface area (Å²) in [5.41, 5.74) is 1.50. The zero-order chi connectivity index (χ0) is 24.4. The monoisotopic (exact) mass is 520 g/mol. The maximum atomic E-state index is 12.2. The lowest BCUT2D eigenvalue weighted by Gasteiger charge is -2.15. The van der Waals surface area contributed by atoms with E-state index >= 15 is 0 Å². The van der Waals surface area contributed by atoms with Gasteiger partial charge in [-0.05, 0) is 58.5 Å². The van der Waals surface area contributed by atoms with Gasteiger partial charge >= 0.3 is 0 Å². The van der Waals surface area contributed by atoms with E-state index in [0.29, 0.717) is 40.3 Å². The molecule has 2 aromatic carbocycles. The molecule has 0 aliphatic heterocycles. The minimum atomic E-state index is -0.446. The summed E-state index contributed by atoms with van der Waals surface area (Å²) in [6.07, 6.45) is 6.17. The summed E-state index contributed by atoms with van der Waals surface area (Å²) in [6.45, 7) is 6.62. The van der Waals surface area contributed by atoms with Crippen LogP contribution in [0.1, 0.15) is 63.5 Å². The van der Waals surface area contributed by atoms with E-state index in [-0.39, 0.29) is 11.6 Å². The topological polar surface area (TPSA) is 90.7 Å². The number of carbonyl (C=O) groups excluding carboxylic acids is 1. The number of amides is 1. The van der Waals surface area contributed by atoms with Crippen molar-refractivity contribution in [2.75, 3.05) is 7.11 Å². The second-order valence-corrected chi connectivity index (χ2v) is 9.40. The average Bonchev–Trinajstić information content (AvgIpc) is 2.77. The molecule has 0 heterocycles. The van der Waals surface area contributed by atoms with Gasteiger partial charge in [0.1, 0.15) is 5.75 Å². The molecule has 2 rings (SSSR count). The van der Waals surface area contributed by atoms with Gasteiger partial charge in [0.05, 0.1) is 16.5 Å². The smallest absolute Gasteiger partial charge is 0.271 e. The summed E-state index contributed by atoms with van der Waals surface area (Å²) < 4.78 is 11.9. The summed E-state index contributed by atoms with van der Waals surface area (Å²) in [4.78, 5) is 22.7. The molecule has 0 saturated carbocycles. The number of hydrogen-bond donors (Lipinski definition) is 1. The molecule has 0 aliphatic rings. The Morgan fingerprint density at radius 2 is 1.85 bits per heavy atom. The Bertz CT molecular complexity index is 939. The predicted octanol–water partition coefficient (Wildman–Crippen LogP) is 7.08. The Balaban J connectivity index is 1.92. The van der Waals surface area contributed by atoms with E-state index < -0.39 is 4.92 Å². The molecule has 1 amide bonds. The molecule has 0 spiro atoms. The number of carbonyl (C=O) groups is 1. The Morgan fingerprint density at radius 3 is 2.48 bits per heavy atom. The van der Waals surface area contributed by atoms with Gasteiger partial charge in [0.2, 0.25) is 5.91 Å². The number of hydrogen-bond acceptors (Lipinski definition) is 5. The summed E-state index contributed by atoms with van der Waals surface area (Å²) in [5.74, 6) is 2.25. The highest BCUT2D eigenvalue weighted by molar-refractivity contribution is 9.10. The van der Waals surface area contributed by atoms with Crippen molar-refractivity contribution < 1.29 is 19.2 Å². The number of benzene rings is 2. The lowest BCUT2D eigenvalue weighted by atomic mass is 10.0. The van der Waals surface area contributed by atoms with Gasteiger partial charge in [0.25, 0.3) is 5.69 Å². The van der Waals surface area contributed by atoms with Crippen molar-refractivity contribution in [3.8, 4) is 17.2 Å². The van der Waals surface area contributed by atoms with Crippen LogP contribution in [0.15, 0.2) is 34.8 Å².